The topological polar surface area (TPSA) is 88.4 Å². The second-order valence-corrected chi connectivity index (χ2v) is 6.75. The lowest BCUT2D eigenvalue weighted by atomic mass is 9.90. The molecule has 0 radical (unpaired) electrons. The normalized spacial score (nSPS) is 14.2. The number of hydrogen-bond donors (Lipinski definition) is 1. The van der Waals surface area contributed by atoms with Crippen LogP contribution in [0.5, 0.6) is 5.75 Å². The largest absolute Gasteiger partial charge is 0.479 e. The number of ether oxygens (including phenoxy) is 2. The molecule has 0 saturated heterocycles. The van der Waals surface area contributed by atoms with Crippen molar-refractivity contribution in [3.63, 3.8) is 0 Å². The molecule has 1 N–H and O–H groups in total. The van der Waals surface area contributed by atoms with Crippen LogP contribution in [0.1, 0.15) is 27.7 Å². The quantitative estimate of drug-likeness (QED) is 0.715. The highest BCUT2D eigenvalue weighted by molar-refractivity contribution is 9.10. The average Bonchev–Trinajstić information content (AvgIpc) is 2.54. The van der Waals surface area contributed by atoms with Crippen LogP contribution in [0.3, 0.4) is 0 Å². The Balaban J connectivity index is 2.49. The Hall–Kier alpha value is -2.07. The van der Waals surface area contributed by atoms with Gasteiger partial charge in [0.25, 0.3) is 5.91 Å². The van der Waals surface area contributed by atoms with Crippen molar-refractivity contribution in [2.75, 3.05) is 6.61 Å². The van der Waals surface area contributed by atoms with E-state index in [0.717, 1.165) is 4.47 Å². The van der Waals surface area contributed by atoms with Gasteiger partial charge in [0.1, 0.15) is 11.3 Å². The molecule has 0 bridgehead atoms. The fourth-order valence-electron chi connectivity index (χ4n) is 1.65. The van der Waals surface area contributed by atoms with E-state index in [1.807, 2.05) is 13.8 Å². The Morgan fingerprint density at radius 1 is 1.29 bits per heavy atom. The molecule has 0 unspecified atom stereocenters. The molecule has 0 aromatic heterocycles. The van der Waals surface area contributed by atoms with E-state index in [4.69, 9.17) is 14.7 Å². The monoisotopic (exact) mass is 396 g/mol. The van der Waals surface area contributed by atoms with Crippen LogP contribution >= 0.6 is 15.9 Å². The van der Waals surface area contributed by atoms with E-state index in [0.29, 0.717) is 5.75 Å². The lowest BCUT2D eigenvalue weighted by molar-refractivity contribution is -0.155. The van der Waals surface area contributed by atoms with Crippen LogP contribution in [0.2, 0.25) is 0 Å². The Morgan fingerprint density at radius 2 is 1.88 bits per heavy atom. The van der Waals surface area contributed by atoms with Crippen LogP contribution in [0.4, 0.5) is 0 Å². The third kappa shape index (κ3) is 5.85. The molecule has 0 saturated carbocycles. The minimum Gasteiger partial charge on any atom is -0.479 e. The molecule has 6 nitrogen and oxygen atoms in total. The highest BCUT2D eigenvalue weighted by atomic mass is 79.9. The molecule has 0 aliphatic rings. The van der Waals surface area contributed by atoms with Crippen LogP contribution in [-0.4, -0.2) is 30.1 Å². The van der Waals surface area contributed by atoms with Gasteiger partial charge >= 0.3 is 5.97 Å². The molecule has 0 aliphatic heterocycles. The number of halogens is 1. The second kappa shape index (κ2) is 8.69. The number of amides is 1. The Morgan fingerprint density at radius 3 is 2.38 bits per heavy atom. The molecule has 2 atom stereocenters. The Kier molecular flexibility index (Phi) is 7.23. The van der Waals surface area contributed by atoms with Crippen molar-refractivity contribution >= 4 is 27.8 Å². The number of nitrogens with zero attached hydrogens (tertiary/aromatic N) is 1. The molecular weight excluding hydrogens is 376 g/mol. The van der Waals surface area contributed by atoms with Gasteiger partial charge in [0, 0.05) is 4.47 Å². The van der Waals surface area contributed by atoms with Gasteiger partial charge in [0.05, 0.1) is 6.07 Å². The maximum Gasteiger partial charge on any atom is 0.347 e. The Bertz CT molecular complexity index is 624. The van der Waals surface area contributed by atoms with Crippen LogP contribution in [-0.2, 0) is 14.3 Å². The zero-order chi connectivity index (χ0) is 18.3. The molecule has 1 aromatic rings. The van der Waals surface area contributed by atoms with E-state index in [1.54, 1.807) is 31.2 Å². The van der Waals surface area contributed by atoms with Crippen molar-refractivity contribution in [3.05, 3.63) is 28.7 Å². The summed E-state index contributed by atoms with van der Waals surface area (Å²) >= 11 is 3.31. The van der Waals surface area contributed by atoms with Gasteiger partial charge in [-0.25, -0.2) is 4.79 Å². The van der Waals surface area contributed by atoms with Crippen molar-refractivity contribution in [3.8, 4) is 11.8 Å². The average molecular weight is 397 g/mol. The number of rotatable bonds is 7. The van der Waals surface area contributed by atoms with Gasteiger partial charge in [-0.3, -0.25) is 4.79 Å². The molecule has 1 aromatic carbocycles. The van der Waals surface area contributed by atoms with Crippen LogP contribution in [0.15, 0.2) is 28.7 Å². The standard InChI is InChI=1S/C17H21BrN2O4/c1-11(2)17(4,10-19)20-15(21)9-23-16(22)12(3)24-14-7-5-13(18)6-8-14/h5-8,11-12H,9H2,1-4H3,(H,20,21)/t12-,17+/m1/s1. The highest BCUT2D eigenvalue weighted by Gasteiger charge is 2.30. The number of nitriles is 1. The molecule has 0 aliphatic carbocycles. The number of benzene rings is 1. The summed E-state index contributed by atoms with van der Waals surface area (Å²) in [5.74, 6) is -0.751. The van der Waals surface area contributed by atoms with Crippen molar-refractivity contribution in [1.82, 2.24) is 5.32 Å². The van der Waals surface area contributed by atoms with Crippen molar-refractivity contribution in [2.24, 2.45) is 5.92 Å². The summed E-state index contributed by atoms with van der Waals surface area (Å²) in [6.45, 7) is 6.34. The first kappa shape index (κ1) is 20.0. The summed E-state index contributed by atoms with van der Waals surface area (Å²) < 4.78 is 11.3. The summed E-state index contributed by atoms with van der Waals surface area (Å²) in [6.07, 6.45) is -0.855. The summed E-state index contributed by atoms with van der Waals surface area (Å²) in [6, 6.07) is 9.05. The maximum atomic E-state index is 11.9. The van der Waals surface area contributed by atoms with Crippen molar-refractivity contribution in [2.45, 2.75) is 39.3 Å². The number of carbonyl (C=O) groups is 2. The van der Waals surface area contributed by atoms with E-state index < -0.39 is 30.1 Å². The van der Waals surface area contributed by atoms with Gasteiger partial charge in [0.2, 0.25) is 0 Å². The highest BCUT2D eigenvalue weighted by Crippen LogP contribution is 2.18. The molecular formula is C17H21BrN2O4. The number of esters is 1. The summed E-state index contributed by atoms with van der Waals surface area (Å²) in [4.78, 5) is 23.7. The fourth-order valence-corrected chi connectivity index (χ4v) is 1.91. The summed E-state index contributed by atoms with van der Waals surface area (Å²) in [5, 5.41) is 11.7. The first-order valence-electron chi connectivity index (χ1n) is 7.49. The lowest BCUT2D eigenvalue weighted by Crippen LogP contribution is -2.50. The first-order valence-corrected chi connectivity index (χ1v) is 8.28. The molecule has 0 spiro atoms. The molecule has 1 amide bonds. The van der Waals surface area contributed by atoms with Crippen LogP contribution < -0.4 is 10.1 Å². The van der Waals surface area contributed by atoms with Gasteiger partial charge < -0.3 is 14.8 Å². The van der Waals surface area contributed by atoms with E-state index in [1.165, 1.54) is 6.92 Å². The fraction of sp³-hybridized carbons (Fsp3) is 0.471. The van der Waals surface area contributed by atoms with E-state index >= 15 is 0 Å². The number of nitrogens with one attached hydrogen (secondary N) is 1. The van der Waals surface area contributed by atoms with E-state index in [2.05, 4.69) is 27.3 Å². The van der Waals surface area contributed by atoms with E-state index in [9.17, 15) is 9.59 Å². The van der Waals surface area contributed by atoms with Gasteiger partial charge in [0.15, 0.2) is 12.7 Å². The lowest BCUT2D eigenvalue weighted by Gasteiger charge is -2.27. The molecule has 1 rings (SSSR count). The third-order valence-corrected chi connectivity index (χ3v) is 4.12. The van der Waals surface area contributed by atoms with Crippen molar-refractivity contribution in [1.29, 1.82) is 5.26 Å². The predicted octanol–water partition coefficient (Wildman–Crippen LogP) is 2.81. The zero-order valence-corrected chi connectivity index (χ0v) is 15.7. The van der Waals surface area contributed by atoms with Crippen molar-refractivity contribution < 1.29 is 19.1 Å². The third-order valence-electron chi connectivity index (χ3n) is 3.59. The van der Waals surface area contributed by atoms with E-state index in [-0.39, 0.29) is 5.92 Å². The maximum absolute atomic E-state index is 11.9. The predicted molar refractivity (Wildman–Crippen MR) is 92.2 cm³/mol. The number of hydrogen-bond acceptors (Lipinski definition) is 5. The smallest absolute Gasteiger partial charge is 0.347 e. The first-order chi connectivity index (χ1) is 11.2. The molecule has 0 fully saturated rings. The Labute approximate surface area is 150 Å². The van der Waals surface area contributed by atoms with Gasteiger partial charge in [-0.05, 0) is 44.0 Å². The summed E-state index contributed by atoms with van der Waals surface area (Å²) in [5.41, 5.74) is -1.01. The SMILES string of the molecule is CC(C)[C@](C)(C#N)NC(=O)COC(=O)[C@@H](C)Oc1ccc(Br)cc1. The van der Waals surface area contributed by atoms with Gasteiger partial charge in [-0.2, -0.15) is 5.26 Å². The van der Waals surface area contributed by atoms with Crippen LogP contribution in [0.25, 0.3) is 0 Å². The molecule has 130 valence electrons. The van der Waals surface area contributed by atoms with Gasteiger partial charge in [-0.1, -0.05) is 29.8 Å². The molecule has 0 heterocycles. The molecule has 7 heteroatoms. The molecule has 24 heavy (non-hydrogen) atoms. The minimum atomic E-state index is -1.01. The number of carbonyl (C=O) groups excluding carboxylic acids is 2. The second-order valence-electron chi connectivity index (χ2n) is 5.84. The zero-order valence-electron chi connectivity index (χ0n) is 14.1. The van der Waals surface area contributed by atoms with Gasteiger partial charge in [-0.15, -0.1) is 0 Å². The van der Waals surface area contributed by atoms with Crippen LogP contribution in [0, 0.1) is 17.2 Å². The summed E-state index contributed by atoms with van der Waals surface area (Å²) in [7, 11) is 0. The minimum absolute atomic E-state index is 0.0817.